The first kappa shape index (κ1) is 16.6. The maximum atomic E-state index is 12.2. The number of hydrogen-bond acceptors (Lipinski definition) is 6. The van der Waals surface area contributed by atoms with Crippen molar-refractivity contribution >= 4 is 29.1 Å². The van der Waals surface area contributed by atoms with Crippen molar-refractivity contribution in [3.63, 3.8) is 0 Å². The summed E-state index contributed by atoms with van der Waals surface area (Å²) in [5, 5.41) is 15.1. The van der Waals surface area contributed by atoms with E-state index in [1.54, 1.807) is 16.8 Å². The molecule has 7 nitrogen and oxygen atoms in total. The number of nitrogens with one attached hydrogen (secondary N) is 1. The molecule has 1 fully saturated rings. The number of nitrogens with zero attached hydrogens (tertiary/aromatic N) is 4. The summed E-state index contributed by atoms with van der Waals surface area (Å²) in [6.45, 7) is 1.46. The van der Waals surface area contributed by atoms with Gasteiger partial charge in [-0.2, -0.15) is 4.68 Å². The van der Waals surface area contributed by atoms with Crippen LogP contribution in [0.5, 0.6) is 0 Å². The molecule has 1 aliphatic carbocycles. The molecule has 126 valence electrons. The Hall–Kier alpha value is -2.22. The topological polar surface area (TPSA) is 89.8 Å². The van der Waals surface area contributed by atoms with Crippen LogP contribution in [-0.4, -0.2) is 37.1 Å². The summed E-state index contributed by atoms with van der Waals surface area (Å²) in [5.74, 6) is 0.140. The molecule has 2 aromatic rings. The van der Waals surface area contributed by atoms with E-state index in [9.17, 15) is 9.59 Å². The number of anilines is 1. The zero-order valence-electron chi connectivity index (χ0n) is 13.4. The molecule has 3 rings (SSSR count). The summed E-state index contributed by atoms with van der Waals surface area (Å²) >= 11 is 1.42. The second-order valence-electron chi connectivity index (χ2n) is 5.78. The molecule has 1 saturated carbocycles. The first-order valence-electron chi connectivity index (χ1n) is 7.99. The summed E-state index contributed by atoms with van der Waals surface area (Å²) in [6.07, 6.45) is 4.63. The van der Waals surface area contributed by atoms with Gasteiger partial charge in [0.1, 0.15) is 5.78 Å². The lowest BCUT2D eigenvalue weighted by Gasteiger charge is -2.12. The smallest absolute Gasteiger partial charge is 0.221 e. The van der Waals surface area contributed by atoms with Crippen molar-refractivity contribution in [1.82, 2.24) is 20.2 Å². The van der Waals surface area contributed by atoms with Gasteiger partial charge in [0.05, 0.1) is 10.9 Å². The molecule has 1 aliphatic rings. The van der Waals surface area contributed by atoms with Crippen molar-refractivity contribution in [1.29, 1.82) is 0 Å². The summed E-state index contributed by atoms with van der Waals surface area (Å²) in [6, 6.07) is 7.29. The number of benzene rings is 1. The molecule has 1 atom stereocenters. The average Bonchev–Trinajstić information content (AvgIpc) is 2.91. The Morgan fingerprint density at radius 1 is 1.33 bits per heavy atom. The molecule has 24 heavy (non-hydrogen) atoms. The largest absolute Gasteiger partial charge is 0.326 e. The number of amides is 1. The van der Waals surface area contributed by atoms with Crippen molar-refractivity contribution < 1.29 is 9.59 Å². The fourth-order valence-electron chi connectivity index (χ4n) is 2.71. The van der Waals surface area contributed by atoms with Gasteiger partial charge in [-0.1, -0.05) is 30.7 Å². The van der Waals surface area contributed by atoms with Gasteiger partial charge in [0.15, 0.2) is 0 Å². The average molecular weight is 345 g/mol. The Morgan fingerprint density at radius 3 is 3.04 bits per heavy atom. The van der Waals surface area contributed by atoms with E-state index in [1.807, 2.05) is 12.1 Å². The van der Waals surface area contributed by atoms with Crippen LogP contribution in [0.2, 0.25) is 0 Å². The van der Waals surface area contributed by atoms with Crippen molar-refractivity contribution in [3.8, 4) is 5.69 Å². The Bertz CT molecular complexity index is 746. The van der Waals surface area contributed by atoms with Gasteiger partial charge in [-0.3, -0.25) is 9.59 Å². The maximum Gasteiger partial charge on any atom is 0.221 e. The number of aromatic nitrogens is 4. The predicted molar refractivity (Wildman–Crippen MR) is 91.2 cm³/mol. The Balaban J connectivity index is 1.82. The molecule has 1 aromatic carbocycles. The van der Waals surface area contributed by atoms with Gasteiger partial charge in [-0.25, -0.2) is 0 Å². The van der Waals surface area contributed by atoms with E-state index < -0.39 is 0 Å². The minimum absolute atomic E-state index is 0.0872. The van der Waals surface area contributed by atoms with Crippen LogP contribution in [0, 0.1) is 0 Å². The fourth-order valence-corrected chi connectivity index (χ4v) is 3.83. The molecule has 1 aromatic heterocycles. The van der Waals surface area contributed by atoms with E-state index in [0.717, 1.165) is 31.4 Å². The molecule has 1 unspecified atom stereocenters. The molecule has 0 aliphatic heterocycles. The second kappa shape index (κ2) is 7.57. The van der Waals surface area contributed by atoms with Gasteiger partial charge in [0, 0.05) is 19.0 Å². The van der Waals surface area contributed by atoms with E-state index in [0.29, 0.717) is 17.3 Å². The molecule has 0 bridgehead atoms. The summed E-state index contributed by atoms with van der Waals surface area (Å²) < 4.78 is 1.61. The van der Waals surface area contributed by atoms with E-state index in [2.05, 4.69) is 20.8 Å². The van der Waals surface area contributed by atoms with Crippen LogP contribution in [0.25, 0.3) is 5.69 Å². The number of hydrogen-bond donors (Lipinski definition) is 1. The molecular formula is C16H19N5O2S. The van der Waals surface area contributed by atoms with E-state index in [-0.39, 0.29) is 16.9 Å². The van der Waals surface area contributed by atoms with Gasteiger partial charge >= 0.3 is 0 Å². The normalized spacial score (nSPS) is 18.2. The molecule has 0 spiro atoms. The van der Waals surface area contributed by atoms with Crippen LogP contribution in [0.4, 0.5) is 5.69 Å². The number of ketones is 1. The lowest BCUT2D eigenvalue weighted by Crippen LogP contribution is -2.16. The zero-order chi connectivity index (χ0) is 16.9. The standard InChI is InChI=1S/C16H19N5O2S/c1-11(22)17-12-6-5-7-13(10-12)21-16(18-19-20-21)24-15-9-4-2-3-8-14(15)23/h5-7,10,15H,2-4,8-9H2,1H3,(H,17,22). The molecule has 0 radical (unpaired) electrons. The zero-order valence-corrected chi connectivity index (χ0v) is 14.3. The highest BCUT2D eigenvalue weighted by molar-refractivity contribution is 8.00. The maximum absolute atomic E-state index is 12.2. The lowest BCUT2D eigenvalue weighted by atomic mass is 10.2. The lowest BCUT2D eigenvalue weighted by molar-refractivity contribution is -0.118. The summed E-state index contributed by atoms with van der Waals surface area (Å²) in [5.41, 5.74) is 1.42. The van der Waals surface area contributed by atoms with Crippen LogP contribution in [0.3, 0.4) is 0 Å². The van der Waals surface area contributed by atoms with Gasteiger partial charge in [-0.05, 0) is 41.5 Å². The van der Waals surface area contributed by atoms with Gasteiger partial charge in [0.2, 0.25) is 11.1 Å². The Labute approximate surface area is 144 Å². The first-order chi connectivity index (χ1) is 11.6. The summed E-state index contributed by atoms with van der Waals surface area (Å²) in [7, 11) is 0. The van der Waals surface area contributed by atoms with Gasteiger partial charge in [0.25, 0.3) is 0 Å². The van der Waals surface area contributed by atoms with Gasteiger partial charge in [-0.15, -0.1) is 5.10 Å². The highest BCUT2D eigenvalue weighted by Gasteiger charge is 2.24. The van der Waals surface area contributed by atoms with E-state index in [4.69, 9.17) is 0 Å². The fraction of sp³-hybridized carbons (Fsp3) is 0.438. The Kier molecular flexibility index (Phi) is 5.24. The highest BCUT2D eigenvalue weighted by Crippen LogP contribution is 2.30. The Morgan fingerprint density at radius 2 is 2.21 bits per heavy atom. The van der Waals surface area contributed by atoms with Crippen LogP contribution in [0.1, 0.15) is 39.0 Å². The third-order valence-corrected chi connectivity index (χ3v) is 5.10. The minimum atomic E-state index is -0.137. The van der Waals surface area contributed by atoms with Crippen LogP contribution in [-0.2, 0) is 9.59 Å². The van der Waals surface area contributed by atoms with Crippen LogP contribution < -0.4 is 5.32 Å². The monoisotopic (exact) mass is 345 g/mol. The molecule has 1 amide bonds. The molecule has 8 heteroatoms. The van der Waals surface area contributed by atoms with Crippen LogP contribution in [0.15, 0.2) is 29.4 Å². The van der Waals surface area contributed by atoms with Gasteiger partial charge < -0.3 is 5.32 Å². The van der Waals surface area contributed by atoms with E-state index in [1.165, 1.54) is 18.7 Å². The molecule has 0 saturated heterocycles. The number of carbonyl (C=O) groups excluding carboxylic acids is 2. The third-order valence-electron chi connectivity index (χ3n) is 3.85. The number of thioether (sulfide) groups is 1. The second-order valence-corrected chi connectivity index (χ2v) is 6.95. The van der Waals surface area contributed by atoms with Crippen molar-refractivity contribution in [3.05, 3.63) is 24.3 Å². The number of rotatable bonds is 4. The van der Waals surface area contributed by atoms with E-state index >= 15 is 0 Å². The van der Waals surface area contributed by atoms with Crippen molar-refractivity contribution in [2.24, 2.45) is 0 Å². The number of carbonyl (C=O) groups is 2. The molecule has 1 N–H and O–H groups in total. The number of Topliss-reactive ketones (excluding diaryl/α,β-unsaturated/α-hetero) is 1. The predicted octanol–water partition coefficient (Wildman–Crippen LogP) is 2.61. The van der Waals surface area contributed by atoms with Crippen LogP contribution >= 0.6 is 11.8 Å². The third kappa shape index (κ3) is 4.00. The SMILES string of the molecule is CC(=O)Nc1cccc(-n2nnnc2SC2CCCCCC2=O)c1. The summed E-state index contributed by atoms with van der Waals surface area (Å²) in [4.78, 5) is 23.4. The molecule has 1 heterocycles. The quantitative estimate of drug-likeness (QED) is 0.857. The number of tetrazole rings is 1. The van der Waals surface area contributed by atoms with Crippen molar-refractivity contribution in [2.75, 3.05) is 5.32 Å². The first-order valence-corrected chi connectivity index (χ1v) is 8.87. The minimum Gasteiger partial charge on any atom is -0.326 e. The van der Waals surface area contributed by atoms with Crippen molar-refractivity contribution in [2.45, 2.75) is 49.4 Å². The molecular weight excluding hydrogens is 326 g/mol. The highest BCUT2D eigenvalue weighted by atomic mass is 32.2.